The van der Waals surface area contributed by atoms with Gasteiger partial charge in [0, 0.05) is 25.7 Å². The lowest BCUT2D eigenvalue weighted by molar-refractivity contribution is 0.229. The average Bonchev–Trinajstić information content (AvgIpc) is 2.68. The average molecular weight is 542 g/mol. The van der Waals surface area contributed by atoms with E-state index < -0.39 is 10.0 Å². The van der Waals surface area contributed by atoms with Crippen LogP contribution in [0.2, 0.25) is 0 Å². The van der Waals surface area contributed by atoms with Gasteiger partial charge in [-0.2, -0.15) is 0 Å². The summed E-state index contributed by atoms with van der Waals surface area (Å²) in [6, 6.07) is 6.09. The molecular weight excluding hydrogens is 510 g/mol. The Bertz CT molecular complexity index is 738. The Hall–Kier alpha value is -1.14. The van der Waals surface area contributed by atoms with Crippen LogP contribution in [0.1, 0.15) is 33.6 Å². The highest BCUT2D eigenvalue weighted by Crippen LogP contribution is 2.15. The molecule has 0 aromatic heterocycles. The molecule has 29 heavy (non-hydrogen) atoms. The molecule has 1 heterocycles. The molecule has 166 valence electrons. The number of guanidine groups is 1. The second kappa shape index (κ2) is 12.5. The van der Waals surface area contributed by atoms with E-state index in [2.05, 4.69) is 15.6 Å². The Morgan fingerprint density at radius 2 is 1.90 bits per heavy atom. The molecule has 0 aliphatic carbocycles. The van der Waals surface area contributed by atoms with E-state index >= 15 is 0 Å². The number of hydrogen-bond donors (Lipinski definition) is 2. The minimum absolute atomic E-state index is 0. The number of sulfonamides is 1. The van der Waals surface area contributed by atoms with Gasteiger partial charge < -0.3 is 15.4 Å². The summed E-state index contributed by atoms with van der Waals surface area (Å²) in [6.45, 7) is 7.79. The van der Waals surface area contributed by atoms with Gasteiger partial charge in [-0.25, -0.2) is 22.1 Å². The van der Waals surface area contributed by atoms with E-state index in [-0.39, 0.29) is 47.7 Å². The second-order valence-corrected chi connectivity index (χ2v) is 9.08. The van der Waals surface area contributed by atoms with Crippen LogP contribution in [0, 0.1) is 5.82 Å². The van der Waals surface area contributed by atoms with Crippen LogP contribution >= 0.6 is 24.0 Å². The summed E-state index contributed by atoms with van der Waals surface area (Å²) in [5, 5.41) is 6.60. The molecule has 1 unspecified atom stereocenters. The molecule has 1 atom stereocenters. The number of ether oxygens (including phenoxy) is 1. The summed E-state index contributed by atoms with van der Waals surface area (Å²) in [5.41, 5.74) is 0. The molecule has 1 fully saturated rings. The van der Waals surface area contributed by atoms with Crippen molar-refractivity contribution in [1.82, 2.24) is 14.9 Å². The van der Waals surface area contributed by atoms with Gasteiger partial charge in [-0.05, 0) is 57.9 Å². The van der Waals surface area contributed by atoms with E-state index in [1.54, 1.807) is 23.4 Å². The van der Waals surface area contributed by atoms with Gasteiger partial charge >= 0.3 is 0 Å². The lowest BCUT2D eigenvalue weighted by Crippen LogP contribution is -2.50. The lowest BCUT2D eigenvalue weighted by Gasteiger charge is -2.32. The maximum atomic E-state index is 13.0. The summed E-state index contributed by atoms with van der Waals surface area (Å²) >= 11 is 0. The van der Waals surface area contributed by atoms with Crippen LogP contribution in [-0.4, -0.2) is 62.8 Å². The first-order valence-corrected chi connectivity index (χ1v) is 11.4. The van der Waals surface area contributed by atoms with Gasteiger partial charge in [0.1, 0.15) is 17.7 Å². The SMILES string of the molecule is CCNC(=NCC(C)Oc1ccc(F)cc1)NC1CCN(S(=O)(=O)CC)CC1.I. The largest absolute Gasteiger partial charge is 0.489 e. The monoisotopic (exact) mass is 542 g/mol. The molecule has 2 N–H and O–H groups in total. The predicted molar refractivity (Wildman–Crippen MR) is 125 cm³/mol. The van der Waals surface area contributed by atoms with Crippen molar-refractivity contribution in [2.75, 3.05) is 31.9 Å². The molecule has 10 heteroatoms. The number of aliphatic imine (C=N–C) groups is 1. The highest BCUT2D eigenvalue weighted by molar-refractivity contribution is 14.0. The Kier molecular flexibility index (Phi) is 11.2. The van der Waals surface area contributed by atoms with Crippen LogP contribution in [0.5, 0.6) is 5.75 Å². The molecule has 0 saturated carbocycles. The first kappa shape index (κ1) is 25.9. The Morgan fingerprint density at radius 3 is 2.45 bits per heavy atom. The standard InChI is InChI=1S/C19H31FN4O3S.HI/c1-4-21-19(22-14-15(3)27-18-8-6-16(20)7-9-18)23-17-10-12-24(13-11-17)28(25,26)5-2;/h6-9,15,17H,4-5,10-14H2,1-3H3,(H2,21,22,23);1H. The maximum absolute atomic E-state index is 13.0. The zero-order valence-corrected chi connectivity index (χ0v) is 20.4. The van der Waals surface area contributed by atoms with Gasteiger partial charge in [0.2, 0.25) is 10.0 Å². The molecule has 0 radical (unpaired) electrons. The first-order chi connectivity index (χ1) is 13.3. The zero-order valence-electron chi connectivity index (χ0n) is 17.2. The van der Waals surface area contributed by atoms with Crippen LogP contribution in [0.4, 0.5) is 4.39 Å². The van der Waals surface area contributed by atoms with Crippen molar-refractivity contribution >= 4 is 40.0 Å². The summed E-state index contributed by atoms with van der Waals surface area (Å²) in [5.74, 6) is 1.14. The van der Waals surface area contributed by atoms with E-state index in [0.29, 0.717) is 31.3 Å². The van der Waals surface area contributed by atoms with E-state index in [9.17, 15) is 12.8 Å². The topological polar surface area (TPSA) is 83.0 Å². The van der Waals surface area contributed by atoms with Crippen molar-refractivity contribution in [1.29, 1.82) is 0 Å². The van der Waals surface area contributed by atoms with Gasteiger partial charge in [-0.3, -0.25) is 0 Å². The summed E-state index contributed by atoms with van der Waals surface area (Å²) < 4.78 is 44.2. The number of hydrogen-bond acceptors (Lipinski definition) is 4. The second-order valence-electron chi connectivity index (χ2n) is 6.82. The van der Waals surface area contributed by atoms with Crippen LogP contribution < -0.4 is 15.4 Å². The fourth-order valence-corrected chi connectivity index (χ4v) is 4.11. The minimum Gasteiger partial charge on any atom is -0.489 e. The summed E-state index contributed by atoms with van der Waals surface area (Å²) in [6.07, 6.45) is 1.31. The molecule has 1 aliphatic rings. The van der Waals surface area contributed by atoms with Crippen molar-refractivity contribution in [3.8, 4) is 5.75 Å². The summed E-state index contributed by atoms with van der Waals surface area (Å²) in [7, 11) is -3.12. The molecule has 0 bridgehead atoms. The van der Waals surface area contributed by atoms with Gasteiger partial charge in [0.25, 0.3) is 0 Å². The summed E-state index contributed by atoms with van der Waals surface area (Å²) in [4.78, 5) is 4.57. The van der Waals surface area contributed by atoms with Crippen molar-refractivity contribution in [3.05, 3.63) is 30.1 Å². The fourth-order valence-electron chi connectivity index (χ4n) is 2.98. The molecule has 0 amide bonds. The van der Waals surface area contributed by atoms with E-state index in [1.165, 1.54) is 12.1 Å². The minimum atomic E-state index is -3.12. The normalized spacial score (nSPS) is 17.3. The molecule has 1 aromatic rings. The van der Waals surface area contributed by atoms with Gasteiger partial charge in [-0.15, -0.1) is 24.0 Å². The third-order valence-electron chi connectivity index (χ3n) is 4.55. The van der Waals surface area contributed by atoms with Crippen molar-refractivity contribution in [3.63, 3.8) is 0 Å². The quantitative estimate of drug-likeness (QED) is 0.300. The van der Waals surface area contributed by atoms with Crippen LogP contribution in [-0.2, 0) is 10.0 Å². The highest BCUT2D eigenvalue weighted by atomic mass is 127. The van der Waals surface area contributed by atoms with Gasteiger partial charge in [0.05, 0.1) is 12.3 Å². The maximum Gasteiger partial charge on any atom is 0.213 e. The molecule has 7 nitrogen and oxygen atoms in total. The lowest BCUT2D eigenvalue weighted by atomic mass is 10.1. The molecule has 2 rings (SSSR count). The van der Waals surface area contributed by atoms with E-state index in [1.807, 2.05) is 13.8 Å². The van der Waals surface area contributed by atoms with Crippen LogP contribution in [0.25, 0.3) is 0 Å². The predicted octanol–water partition coefficient (Wildman–Crippen LogP) is 2.58. The number of halogens is 2. The van der Waals surface area contributed by atoms with E-state index in [0.717, 1.165) is 19.4 Å². The number of nitrogens with one attached hydrogen (secondary N) is 2. The zero-order chi connectivity index (χ0) is 20.6. The highest BCUT2D eigenvalue weighted by Gasteiger charge is 2.27. The van der Waals surface area contributed by atoms with Crippen molar-refractivity contribution in [2.24, 2.45) is 4.99 Å². The number of rotatable bonds is 8. The smallest absolute Gasteiger partial charge is 0.213 e. The Labute approximate surface area is 190 Å². The molecule has 1 aliphatic heterocycles. The Balaban J connectivity index is 0.00000420. The third kappa shape index (κ3) is 8.63. The van der Waals surface area contributed by atoms with Crippen LogP contribution in [0.3, 0.4) is 0 Å². The number of nitrogens with zero attached hydrogens (tertiary/aromatic N) is 2. The molecule has 1 saturated heterocycles. The fraction of sp³-hybridized carbons (Fsp3) is 0.632. The van der Waals surface area contributed by atoms with Gasteiger partial charge in [0.15, 0.2) is 5.96 Å². The van der Waals surface area contributed by atoms with Crippen molar-refractivity contribution < 1.29 is 17.5 Å². The van der Waals surface area contributed by atoms with E-state index in [4.69, 9.17) is 4.74 Å². The third-order valence-corrected chi connectivity index (χ3v) is 6.44. The first-order valence-electron chi connectivity index (χ1n) is 9.79. The molecular formula is C19H32FIN4O3S. The number of piperidine rings is 1. The number of benzene rings is 1. The van der Waals surface area contributed by atoms with Crippen LogP contribution in [0.15, 0.2) is 29.3 Å². The Morgan fingerprint density at radius 1 is 1.28 bits per heavy atom. The molecule has 0 spiro atoms. The molecule has 1 aromatic carbocycles. The van der Waals surface area contributed by atoms with Gasteiger partial charge in [-0.1, -0.05) is 0 Å². The van der Waals surface area contributed by atoms with Crippen molar-refractivity contribution in [2.45, 2.75) is 45.8 Å².